The lowest BCUT2D eigenvalue weighted by Gasteiger charge is -2.37. The molecule has 21 heavy (non-hydrogen) atoms. The van der Waals surface area contributed by atoms with Crippen LogP contribution in [0.2, 0.25) is 0 Å². The summed E-state index contributed by atoms with van der Waals surface area (Å²) in [6, 6.07) is 2.45. The highest BCUT2D eigenvalue weighted by Crippen LogP contribution is 2.19. The molecule has 1 saturated heterocycles. The van der Waals surface area contributed by atoms with Crippen LogP contribution in [-0.4, -0.2) is 56.7 Å². The van der Waals surface area contributed by atoms with Gasteiger partial charge in [-0.05, 0) is 6.42 Å². The number of nitrogens with zero attached hydrogens (tertiary/aromatic N) is 7. The quantitative estimate of drug-likeness (QED) is 0.832. The first kappa shape index (κ1) is 13.8. The fraction of sp³-hybridized carbons (Fsp3) is 0.571. The van der Waals surface area contributed by atoms with E-state index in [0.717, 1.165) is 50.5 Å². The van der Waals surface area contributed by atoms with Crippen molar-refractivity contribution >= 4 is 11.5 Å². The van der Waals surface area contributed by atoms with E-state index in [0.29, 0.717) is 0 Å². The van der Waals surface area contributed by atoms with E-state index in [4.69, 9.17) is 0 Å². The number of rotatable bonds is 4. The van der Waals surface area contributed by atoms with E-state index >= 15 is 0 Å². The molecule has 0 aliphatic carbocycles. The van der Waals surface area contributed by atoms with Gasteiger partial charge in [-0.1, -0.05) is 13.3 Å². The van der Waals surface area contributed by atoms with Crippen molar-refractivity contribution in [1.29, 1.82) is 5.26 Å². The van der Waals surface area contributed by atoms with E-state index in [1.54, 1.807) is 12.5 Å². The van der Waals surface area contributed by atoms with Crippen LogP contribution < -0.4 is 4.90 Å². The first-order chi connectivity index (χ1) is 10.3. The third-order valence-electron chi connectivity index (χ3n) is 3.96. The first-order valence-electron chi connectivity index (χ1n) is 7.36. The summed E-state index contributed by atoms with van der Waals surface area (Å²) in [4.78, 5) is 8.94. The molecule has 7 heteroatoms. The van der Waals surface area contributed by atoms with Crippen molar-refractivity contribution in [2.75, 3.05) is 31.1 Å². The second kappa shape index (κ2) is 6.06. The molecule has 0 saturated carbocycles. The average Bonchev–Trinajstić information content (AvgIpc) is 3.01. The summed E-state index contributed by atoms with van der Waals surface area (Å²) in [5, 5.41) is 17.3. The van der Waals surface area contributed by atoms with Gasteiger partial charge in [0.1, 0.15) is 6.33 Å². The van der Waals surface area contributed by atoms with Crippen molar-refractivity contribution in [3.8, 4) is 6.07 Å². The summed E-state index contributed by atoms with van der Waals surface area (Å²) >= 11 is 0. The first-order valence-corrected chi connectivity index (χ1v) is 7.36. The van der Waals surface area contributed by atoms with Gasteiger partial charge in [-0.25, -0.2) is 4.98 Å². The van der Waals surface area contributed by atoms with Crippen molar-refractivity contribution in [2.45, 2.75) is 25.8 Å². The van der Waals surface area contributed by atoms with Gasteiger partial charge in [-0.15, -0.1) is 10.2 Å². The molecule has 0 bridgehead atoms. The summed E-state index contributed by atoms with van der Waals surface area (Å²) in [6.45, 7) is 5.61. The summed E-state index contributed by atoms with van der Waals surface area (Å²) in [6.07, 6.45) is 7.28. The predicted octanol–water partition coefficient (Wildman–Crippen LogP) is 0.939. The molecule has 1 atom stereocenters. The van der Waals surface area contributed by atoms with Gasteiger partial charge >= 0.3 is 0 Å². The normalized spacial score (nSPS) is 17.8. The fourth-order valence-corrected chi connectivity index (χ4v) is 2.82. The standard InChI is InChI=1S/C14H19N7/c1-2-3-12(10-15)19-6-8-20(9-7-19)13-14-18-17-11-21(14)5-4-16-13/h4-5,11-12H,2-3,6-9H2,1H3. The third-order valence-corrected chi connectivity index (χ3v) is 3.96. The molecule has 2 aromatic rings. The van der Waals surface area contributed by atoms with Crippen LogP contribution in [0.3, 0.4) is 0 Å². The van der Waals surface area contributed by atoms with E-state index in [-0.39, 0.29) is 6.04 Å². The lowest BCUT2D eigenvalue weighted by atomic mass is 10.1. The smallest absolute Gasteiger partial charge is 0.203 e. The van der Waals surface area contributed by atoms with E-state index < -0.39 is 0 Å². The van der Waals surface area contributed by atoms with Crippen LogP contribution in [-0.2, 0) is 0 Å². The number of hydrogen-bond acceptors (Lipinski definition) is 6. The fourth-order valence-electron chi connectivity index (χ4n) is 2.82. The summed E-state index contributed by atoms with van der Waals surface area (Å²) in [5.74, 6) is 0.874. The maximum Gasteiger partial charge on any atom is 0.203 e. The highest BCUT2D eigenvalue weighted by molar-refractivity contribution is 5.63. The Balaban J connectivity index is 1.71. The zero-order valence-electron chi connectivity index (χ0n) is 12.2. The monoisotopic (exact) mass is 285 g/mol. The van der Waals surface area contributed by atoms with Crippen LogP contribution in [0.15, 0.2) is 18.7 Å². The Labute approximate surface area is 123 Å². The van der Waals surface area contributed by atoms with Crippen molar-refractivity contribution in [2.24, 2.45) is 0 Å². The highest BCUT2D eigenvalue weighted by atomic mass is 15.3. The SMILES string of the molecule is CCCC(C#N)N1CCN(c2nccn3cnnc23)CC1. The summed E-state index contributed by atoms with van der Waals surface area (Å²) in [7, 11) is 0. The van der Waals surface area contributed by atoms with Gasteiger partial charge in [0.2, 0.25) is 5.65 Å². The van der Waals surface area contributed by atoms with Gasteiger partial charge in [0.25, 0.3) is 0 Å². The number of hydrogen-bond donors (Lipinski definition) is 0. The molecule has 0 amide bonds. The van der Waals surface area contributed by atoms with Crippen molar-refractivity contribution in [3.63, 3.8) is 0 Å². The van der Waals surface area contributed by atoms with Crippen LogP contribution in [0, 0.1) is 11.3 Å². The Kier molecular flexibility index (Phi) is 3.97. The van der Waals surface area contributed by atoms with Crippen LogP contribution in [0.4, 0.5) is 5.82 Å². The topological polar surface area (TPSA) is 73.4 Å². The van der Waals surface area contributed by atoms with Gasteiger partial charge in [0.05, 0.1) is 12.1 Å². The Morgan fingerprint density at radius 2 is 2.14 bits per heavy atom. The molecule has 110 valence electrons. The molecule has 0 radical (unpaired) electrons. The van der Waals surface area contributed by atoms with Gasteiger partial charge in [-0.3, -0.25) is 9.30 Å². The largest absolute Gasteiger partial charge is 0.351 e. The summed E-state index contributed by atoms with van der Waals surface area (Å²) in [5.41, 5.74) is 0.788. The number of nitriles is 1. The van der Waals surface area contributed by atoms with Crippen molar-refractivity contribution in [1.82, 2.24) is 24.5 Å². The van der Waals surface area contributed by atoms with Crippen LogP contribution in [0.25, 0.3) is 5.65 Å². The molecular weight excluding hydrogens is 266 g/mol. The van der Waals surface area contributed by atoms with Crippen LogP contribution in [0.5, 0.6) is 0 Å². The van der Waals surface area contributed by atoms with Crippen LogP contribution in [0.1, 0.15) is 19.8 Å². The lowest BCUT2D eigenvalue weighted by molar-refractivity contribution is 0.211. The lowest BCUT2D eigenvalue weighted by Crippen LogP contribution is -2.50. The molecule has 0 N–H and O–H groups in total. The minimum absolute atomic E-state index is 0.0361. The molecule has 2 aromatic heterocycles. The van der Waals surface area contributed by atoms with Crippen molar-refractivity contribution in [3.05, 3.63) is 18.7 Å². The molecule has 1 unspecified atom stereocenters. The minimum atomic E-state index is 0.0361. The highest BCUT2D eigenvalue weighted by Gasteiger charge is 2.25. The maximum atomic E-state index is 9.27. The van der Waals surface area contributed by atoms with E-state index in [2.05, 4.69) is 38.0 Å². The number of piperazine rings is 1. The molecular formula is C14H19N7. The molecule has 0 spiro atoms. The van der Waals surface area contributed by atoms with Gasteiger partial charge in [-0.2, -0.15) is 5.26 Å². The number of fused-ring (bicyclic) bond motifs is 1. The molecule has 3 heterocycles. The number of anilines is 1. The zero-order chi connectivity index (χ0) is 14.7. The predicted molar refractivity (Wildman–Crippen MR) is 78.9 cm³/mol. The third kappa shape index (κ3) is 2.67. The van der Waals surface area contributed by atoms with Crippen molar-refractivity contribution < 1.29 is 0 Å². The minimum Gasteiger partial charge on any atom is -0.351 e. The Hall–Kier alpha value is -2.20. The molecule has 0 aromatic carbocycles. The van der Waals surface area contributed by atoms with E-state index in [1.807, 2.05) is 10.6 Å². The van der Waals surface area contributed by atoms with Gasteiger partial charge < -0.3 is 4.90 Å². The zero-order valence-corrected chi connectivity index (χ0v) is 12.2. The molecule has 1 fully saturated rings. The van der Waals surface area contributed by atoms with E-state index in [9.17, 15) is 5.26 Å². The second-order valence-corrected chi connectivity index (χ2v) is 5.27. The average molecular weight is 285 g/mol. The van der Waals surface area contributed by atoms with Crippen LogP contribution >= 0.6 is 0 Å². The number of aromatic nitrogens is 4. The Morgan fingerprint density at radius 1 is 1.33 bits per heavy atom. The second-order valence-electron chi connectivity index (χ2n) is 5.27. The molecule has 3 rings (SSSR count). The molecule has 1 aliphatic rings. The molecule has 7 nitrogen and oxygen atoms in total. The van der Waals surface area contributed by atoms with Gasteiger partial charge in [0.15, 0.2) is 5.82 Å². The Bertz CT molecular complexity index is 636. The Morgan fingerprint density at radius 3 is 2.86 bits per heavy atom. The molecule has 1 aliphatic heterocycles. The van der Waals surface area contributed by atoms with E-state index in [1.165, 1.54) is 0 Å². The maximum absolute atomic E-state index is 9.27. The summed E-state index contributed by atoms with van der Waals surface area (Å²) < 4.78 is 1.88. The van der Waals surface area contributed by atoms with Gasteiger partial charge in [0, 0.05) is 38.6 Å².